The van der Waals surface area contributed by atoms with Crippen LogP contribution in [0.1, 0.15) is 38.2 Å². The van der Waals surface area contributed by atoms with Crippen molar-refractivity contribution in [1.29, 1.82) is 0 Å². The van der Waals surface area contributed by atoms with E-state index in [0.717, 1.165) is 6.42 Å². The molecule has 0 radical (unpaired) electrons. The Morgan fingerprint density at radius 1 is 1.43 bits per heavy atom. The van der Waals surface area contributed by atoms with Gasteiger partial charge in [-0.2, -0.15) is 0 Å². The van der Waals surface area contributed by atoms with Crippen molar-refractivity contribution in [3.63, 3.8) is 0 Å². The van der Waals surface area contributed by atoms with Crippen LogP contribution in [0.2, 0.25) is 0 Å². The summed E-state index contributed by atoms with van der Waals surface area (Å²) in [7, 11) is 0. The summed E-state index contributed by atoms with van der Waals surface area (Å²) in [4.78, 5) is 26.9. The van der Waals surface area contributed by atoms with Gasteiger partial charge in [0.1, 0.15) is 5.82 Å². The second kappa shape index (κ2) is 6.28. The Kier molecular flexibility index (Phi) is 4.35. The Labute approximate surface area is 134 Å². The SMILES string of the molecule is CC(C)N(C(=O)[C@H]1CC(=O)Nc2cc(F)ccc21)[C@@H]1CCOC1. The zero-order valence-corrected chi connectivity index (χ0v) is 13.3. The molecule has 0 aliphatic carbocycles. The first kappa shape index (κ1) is 15.9. The van der Waals surface area contributed by atoms with Crippen LogP contribution in [0, 0.1) is 5.82 Å². The number of nitrogens with one attached hydrogen (secondary N) is 1. The molecule has 2 heterocycles. The monoisotopic (exact) mass is 320 g/mol. The van der Waals surface area contributed by atoms with Gasteiger partial charge in [-0.1, -0.05) is 6.07 Å². The number of fused-ring (bicyclic) bond motifs is 1. The summed E-state index contributed by atoms with van der Waals surface area (Å²) in [6, 6.07) is 4.25. The van der Waals surface area contributed by atoms with E-state index >= 15 is 0 Å². The minimum Gasteiger partial charge on any atom is -0.379 e. The van der Waals surface area contributed by atoms with Crippen LogP contribution in [-0.4, -0.2) is 42.0 Å². The molecule has 124 valence electrons. The van der Waals surface area contributed by atoms with Crippen molar-refractivity contribution in [3.05, 3.63) is 29.6 Å². The minimum atomic E-state index is -0.567. The average Bonchev–Trinajstić information content (AvgIpc) is 2.99. The van der Waals surface area contributed by atoms with Crippen molar-refractivity contribution < 1.29 is 18.7 Å². The van der Waals surface area contributed by atoms with Gasteiger partial charge >= 0.3 is 0 Å². The van der Waals surface area contributed by atoms with Gasteiger partial charge in [0.2, 0.25) is 11.8 Å². The molecule has 2 aliphatic rings. The predicted octanol–water partition coefficient (Wildman–Crippen LogP) is 2.28. The van der Waals surface area contributed by atoms with E-state index in [4.69, 9.17) is 4.74 Å². The fourth-order valence-electron chi connectivity index (χ4n) is 3.44. The molecule has 0 saturated carbocycles. The standard InChI is InChI=1S/C17H21FN2O3/c1-10(2)20(12-5-6-23-9-12)17(22)14-8-16(21)19-15-7-11(18)3-4-13(14)15/h3-4,7,10,12,14H,5-6,8-9H2,1-2H3,(H,19,21)/t12-,14+/m1/s1. The second-order valence-corrected chi connectivity index (χ2v) is 6.39. The van der Waals surface area contributed by atoms with E-state index in [-0.39, 0.29) is 30.3 Å². The first-order chi connectivity index (χ1) is 11.0. The highest BCUT2D eigenvalue weighted by Crippen LogP contribution is 2.35. The van der Waals surface area contributed by atoms with Gasteiger partial charge < -0.3 is 15.0 Å². The number of hydrogen-bond donors (Lipinski definition) is 1. The number of ether oxygens (including phenoxy) is 1. The van der Waals surface area contributed by atoms with Crippen molar-refractivity contribution in [3.8, 4) is 0 Å². The molecule has 0 bridgehead atoms. The van der Waals surface area contributed by atoms with Gasteiger partial charge in [0.05, 0.1) is 18.6 Å². The third kappa shape index (κ3) is 3.08. The van der Waals surface area contributed by atoms with Crippen LogP contribution in [0.5, 0.6) is 0 Å². The van der Waals surface area contributed by atoms with E-state index in [9.17, 15) is 14.0 Å². The Morgan fingerprint density at radius 2 is 2.22 bits per heavy atom. The fourth-order valence-corrected chi connectivity index (χ4v) is 3.44. The number of halogens is 1. The molecule has 1 aromatic carbocycles. The van der Waals surface area contributed by atoms with Crippen LogP contribution >= 0.6 is 0 Å². The summed E-state index contributed by atoms with van der Waals surface area (Å²) < 4.78 is 18.8. The molecule has 1 aromatic rings. The number of carbonyl (C=O) groups excluding carboxylic acids is 2. The zero-order valence-electron chi connectivity index (χ0n) is 13.3. The average molecular weight is 320 g/mol. The van der Waals surface area contributed by atoms with Gasteiger partial charge in [-0.25, -0.2) is 4.39 Å². The third-order valence-corrected chi connectivity index (χ3v) is 4.46. The lowest BCUT2D eigenvalue weighted by Crippen LogP contribution is -2.48. The summed E-state index contributed by atoms with van der Waals surface area (Å²) in [6.45, 7) is 5.10. The van der Waals surface area contributed by atoms with Crippen molar-refractivity contribution >= 4 is 17.5 Å². The number of hydrogen-bond acceptors (Lipinski definition) is 3. The number of anilines is 1. The van der Waals surface area contributed by atoms with E-state index in [1.54, 1.807) is 6.07 Å². The molecule has 0 spiro atoms. The van der Waals surface area contributed by atoms with Gasteiger partial charge in [-0.15, -0.1) is 0 Å². The number of benzene rings is 1. The molecule has 1 fully saturated rings. The molecule has 3 rings (SSSR count). The summed E-state index contributed by atoms with van der Waals surface area (Å²) in [5.74, 6) is -1.34. The summed E-state index contributed by atoms with van der Waals surface area (Å²) in [5.41, 5.74) is 1.08. The van der Waals surface area contributed by atoms with E-state index in [1.165, 1.54) is 12.1 Å². The number of amides is 2. The smallest absolute Gasteiger partial charge is 0.231 e. The first-order valence-corrected chi connectivity index (χ1v) is 7.96. The van der Waals surface area contributed by atoms with E-state index in [2.05, 4.69) is 5.32 Å². The largest absolute Gasteiger partial charge is 0.379 e. The molecule has 0 unspecified atom stereocenters. The number of nitrogens with zero attached hydrogens (tertiary/aromatic N) is 1. The molecule has 1 saturated heterocycles. The first-order valence-electron chi connectivity index (χ1n) is 7.96. The Balaban J connectivity index is 1.93. The Morgan fingerprint density at radius 3 is 2.87 bits per heavy atom. The van der Waals surface area contributed by atoms with Crippen LogP contribution in [0.25, 0.3) is 0 Å². The summed E-state index contributed by atoms with van der Waals surface area (Å²) in [5, 5.41) is 2.65. The Hall–Kier alpha value is -1.95. The molecule has 2 amide bonds. The van der Waals surface area contributed by atoms with Crippen LogP contribution in [0.15, 0.2) is 18.2 Å². The molecule has 2 aliphatic heterocycles. The van der Waals surface area contributed by atoms with E-state index in [1.807, 2.05) is 18.7 Å². The molecule has 6 heteroatoms. The van der Waals surface area contributed by atoms with E-state index in [0.29, 0.717) is 24.5 Å². The van der Waals surface area contributed by atoms with Gasteiger partial charge in [-0.05, 0) is 38.0 Å². The molecule has 1 N–H and O–H groups in total. The van der Waals surface area contributed by atoms with Gasteiger partial charge in [0.15, 0.2) is 0 Å². The van der Waals surface area contributed by atoms with Crippen molar-refractivity contribution in [1.82, 2.24) is 4.90 Å². The molecular formula is C17H21FN2O3. The Bertz CT molecular complexity index is 626. The van der Waals surface area contributed by atoms with Gasteiger partial charge in [0, 0.05) is 24.8 Å². The summed E-state index contributed by atoms with van der Waals surface area (Å²) >= 11 is 0. The predicted molar refractivity (Wildman–Crippen MR) is 83.6 cm³/mol. The second-order valence-electron chi connectivity index (χ2n) is 6.39. The summed E-state index contributed by atoms with van der Waals surface area (Å²) in [6.07, 6.45) is 0.896. The maximum atomic E-state index is 13.4. The number of rotatable bonds is 3. The highest BCUT2D eigenvalue weighted by Gasteiger charge is 2.38. The molecule has 2 atom stereocenters. The fraction of sp³-hybridized carbons (Fsp3) is 0.529. The van der Waals surface area contributed by atoms with Gasteiger partial charge in [0.25, 0.3) is 0 Å². The topological polar surface area (TPSA) is 58.6 Å². The number of carbonyl (C=O) groups is 2. The van der Waals surface area contributed by atoms with Crippen LogP contribution < -0.4 is 5.32 Å². The van der Waals surface area contributed by atoms with Crippen molar-refractivity contribution in [2.24, 2.45) is 0 Å². The van der Waals surface area contributed by atoms with Gasteiger partial charge in [-0.3, -0.25) is 9.59 Å². The van der Waals surface area contributed by atoms with Crippen molar-refractivity contribution in [2.45, 2.75) is 44.7 Å². The third-order valence-electron chi connectivity index (χ3n) is 4.46. The molecule has 5 nitrogen and oxygen atoms in total. The molecular weight excluding hydrogens is 299 g/mol. The zero-order chi connectivity index (χ0) is 16.6. The normalized spacial score (nSPS) is 23.6. The lowest BCUT2D eigenvalue weighted by molar-refractivity contribution is -0.139. The van der Waals surface area contributed by atoms with Crippen LogP contribution in [0.3, 0.4) is 0 Å². The molecule has 0 aromatic heterocycles. The van der Waals surface area contributed by atoms with E-state index < -0.39 is 11.7 Å². The minimum absolute atomic E-state index is 0.0167. The highest BCUT2D eigenvalue weighted by molar-refractivity contribution is 6.01. The van der Waals surface area contributed by atoms with Crippen molar-refractivity contribution in [2.75, 3.05) is 18.5 Å². The highest BCUT2D eigenvalue weighted by atomic mass is 19.1. The maximum Gasteiger partial charge on any atom is 0.231 e. The lowest BCUT2D eigenvalue weighted by atomic mass is 9.88. The quantitative estimate of drug-likeness (QED) is 0.929. The maximum absolute atomic E-state index is 13.4. The molecule has 23 heavy (non-hydrogen) atoms. The van der Waals surface area contributed by atoms with Crippen LogP contribution in [0.4, 0.5) is 10.1 Å². The lowest BCUT2D eigenvalue weighted by Gasteiger charge is -2.36. The van der Waals surface area contributed by atoms with Crippen LogP contribution in [-0.2, 0) is 14.3 Å².